The lowest BCUT2D eigenvalue weighted by Gasteiger charge is -2.22. The van der Waals surface area contributed by atoms with Crippen LogP contribution in [-0.4, -0.2) is 59.1 Å². The van der Waals surface area contributed by atoms with Gasteiger partial charge in [0, 0.05) is 42.4 Å². The second-order valence-electron chi connectivity index (χ2n) is 10.7. The Morgan fingerprint density at radius 2 is 2.00 bits per heavy atom. The molecular formula is C29H32N4O5S2. The lowest BCUT2D eigenvalue weighted by molar-refractivity contribution is -0.130. The van der Waals surface area contributed by atoms with Crippen molar-refractivity contribution < 1.29 is 23.5 Å². The number of aromatic nitrogens is 1. The zero-order chi connectivity index (χ0) is 28.3. The third-order valence-corrected chi connectivity index (χ3v) is 8.19. The van der Waals surface area contributed by atoms with Crippen LogP contribution in [0.25, 0.3) is 33.0 Å². The van der Waals surface area contributed by atoms with Crippen LogP contribution in [0, 0.1) is 0 Å². The van der Waals surface area contributed by atoms with Gasteiger partial charge < -0.3 is 24.7 Å². The highest BCUT2D eigenvalue weighted by Crippen LogP contribution is 2.35. The third-order valence-electron chi connectivity index (χ3n) is 6.40. The van der Waals surface area contributed by atoms with E-state index in [1.54, 1.807) is 4.90 Å². The summed E-state index contributed by atoms with van der Waals surface area (Å²) in [5, 5.41) is 11.4. The van der Waals surface area contributed by atoms with Crippen molar-refractivity contribution in [3.63, 3.8) is 0 Å². The lowest BCUT2D eigenvalue weighted by Crippen LogP contribution is -2.41. The van der Waals surface area contributed by atoms with Crippen molar-refractivity contribution in [3.8, 4) is 22.0 Å². The summed E-state index contributed by atoms with van der Waals surface area (Å²) in [4.78, 5) is 44.7. The predicted molar refractivity (Wildman–Crippen MR) is 157 cm³/mol. The number of thiophene rings is 1. The summed E-state index contributed by atoms with van der Waals surface area (Å²) in [7, 11) is 0. The highest BCUT2D eigenvalue weighted by molar-refractivity contribution is 7.15. The number of hydrogen-bond acceptors (Lipinski definition) is 8. The van der Waals surface area contributed by atoms with Gasteiger partial charge in [0.1, 0.15) is 26.8 Å². The van der Waals surface area contributed by atoms with E-state index in [1.165, 1.54) is 22.7 Å². The van der Waals surface area contributed by atoms with Crippen LogP contribution in [-0.2, 0) is 9.53 Å². The molecule has 1 unspecified atom stereocenters. The number of amides is 3. The fourth-order valence-corrected chi connectivity index (χ4v) is 6.25. The molecule has 9 nitrogen and oxygen atoms in total. The molecule has 1 aliphatic heterocycles. The molecule has 0 aliphatic carbocycles. The molecule has 2 N–H and O–H groups in total. The van der Waals surface area contributed by atoms with Crippen LogP contribution in [0.1, 0.15) is 49.7 Å². The van der Waals surface area contributed by atoms with Gasteiger partial charge in [-0.05, 0) is 57.2 Å². The highest BCUT2D eigenvalue weighted by Gasteiger charge is 2.28. The van der Waals surface area contributed by atoms with Gasteiger partial charge in [-0.15, -0.1) is 22.7 Å². The number of likely N-dealkylation sites (tertiary alicyclic amines) is 1. The van der Waals surface area contributed by atoms with E-state index in [-0.39, 0.29) is 17.9 Å². The summed E-state index contributed by atoms with van der Waals surface area (Å²) in [6.07, 6.45) is 1.08. The molecule has 0 bridgehead atoms. The predicted octanol–water partition coefficient (Wildman–Crippen LogP) is 5.92. The molecular weight excluding hydrogens is 548 g/mol. The Labute approximate surface area is 240 Å². The number of benzene rings is 1. The molecule has 5 rings (SSSR count). The monoisotopic (exact) mass is 580 g/mol. The topological polar surface area (TPSA) is 114 Å². The number of furan rings is 1. The van der Waals surface area contributed by atoms with E-state index in [1.807, 2.05) is 67.9 Å². The number of rotatable bonds is 8. The Kier molecular flexibility index (Phi) is 8.22. The Hall–Kier alpha value is -3.70. The fraction of sp³-hybridized carbons (Fsp3) is 0.379. The molecule has 0 saturated carbocycles. The molecule has 1 aromatic carbocycles. The third kappa shape index (κ3) is 6.71. The molecule has 3 amide bonds. The number of nitrogens with one attached hydrogen (secondary N) is 2. The van der Waals surface area contributed by atoms with Crippen LogP contribution in [0.4, 0.5) is 4.79 Å². The fourth-order valence-electron chi connectivity index (χ4n) is 4.53. The first-order valence-electron chi connectivity index (χ1n) is 13.2. The van der Waals surface area contributed by atoms with E-state index in [0.29, 0.717) is 49.5 Å². The normalized spacial score (nSPS) is 15.4. The average molecular weight is 581 g/mol. The molecule has 1 aliphatic rings. The van der Waals surface area contributed by atoms with Gasteiger partial charge in [0.25, 0.3) is 5.91 Å². The second kappa shape index (κ2) is 11.8. The minimum absolute atomic E-state index is 0.0143. The van der Waals surface area contributed by atoms with Gasteiger partial charge in [0.15, 0.2) is 5.76 Å². The van der Waals surface area contributed by atoms with E-state index < -0.39 is 11.7 Å². The number of carbonyl (C=O) groups excluding carboxylic acids is 3. The van der Waals surface area contributed by atoms with Crippen molar-refractivity contribution in [2.75, 3.05) is 19.6 Å². The smallest absolute Gasteiger partial charge is 0.407 e. The number of alkyl carbamates (subject to hydrolysis) is 1. The van der Waals surface area contributed by atoms with Crippen LogP contribution in [0.2, 0.25) is 0 Å². The van der Waals surface area contributed by atoms with Crippen molar-refractivity contribution in [3.05, 3.63) is 52.0 Å². The largest absolute Gasteiger partial charge is 0.454 e. The zero-order valence-corrected chi connectivity index (χ0v) is 24.3. The number of nitrogens with zero attached hydrogens (tertiary/aromatic N) is 2. The Morgan fingerprint density at radius 3 is 2.80 bits per heavy atom. The lowest BCUT2D eigenvalue weighted by atomic mass is 10.2. The summed E-state index contributed by atoms with van der Waals surface area (Å²) in [5.74, 6) is 0.528. The van der Waals surface area contributed by atoms with Crippen molar-refractivity contribution in [1.29, 1.82) is 0 Å². The Morgan fingerprint density at radius 1 is 1.18 bits per heavy atom. The summed E-state index contributed by atoms with van der Waals surface area (Å²) in [5.41, 5.74) is 1.76. The number of ether oxygens (including phenoxy) is 1. The number of fused-ring (bicyclic) bond motifs is 1. The molecule has 3 aromatic heterocycles. The van der Waals surface area contributed by atoms with Gasteiger partial charge in [-0.3, -0.25) is 9.59 Å². The minimum atomic E-state index is -0.564. The first kappa shape index (κ1) is 27.9. The van der Waals surface area contributed by atoms with Crippen molar-refractivity contribution in [2.24, 2.45) is 0 Å². The Bertz CT molecular complexity index is 1480. The molecule has 1 atom stereocenters. The maximum Gasteiger partial charge on any atom is 0.407 e. The SMILES string of the molecule is CC(C)(C)OC(=O)NC1CCN(C(=O)CCCNC(=O)c2sccc2-c2nc(-c3cc4ccccc4o3)cs2)C1. The highest BCUT2D eigenvalue weighted by atomic mass is 32.1. The second-order valence-corrected chi connectivity index (χ2v) is 12.5. The number of para-hydroxylation sites is 1. The van der Waals surface area contributed by atoms with Gasteiger partial charge in [0.05, 0.1) is 6.04 Å². The number of hydrogen-bond donors (Lipinski definition) is 2. The minimum Gasteiger partial charge on any atom is -0.454 e. The van der Waals surface area contributed by atoms with Crippen LogP contribution >= 0.6 is 22.7 Å². The number of thiazole rings is 1. The first-order valence-corrected chi connectivity index (χ1v) is 15.0. The maximum atomic E-state index is 12.9. The van der Waals surface area contributed by atoms with E-state index in [2.05, 4.69) is 10.6 Å². The van der Waals surface area contributed by atoms with E-state index >= 15 is 0 Å². The van der Waals surface area contributed by atoms with Gasteiger partial charge in [0.2, 0.25) is 5.91 Å². The van der Waals surface area contributed by atoms with Crippen LogP contribution < -0.4 is 10.6 Å². The quantitative estimate of drug-likeness (QED) is 0.250. The van der Waals surface area contributed by atoms with Crippen molar-refractivity contribution in [2.45, 2.75) is 51.7 Å². The molecule has 1 fully saturated rings. The van der Waals surface area contributed by atoms with Crippen LogP contribution in [0.5, 0.6) is 0 Å². The molecule has 11 heteroatoms. The standard InChI is InChI=1S/C29H32N4O5S2/c1-29(2,3)38-28(36)31-19-10-13-33(16-19)24(34)9-6-12-30-26(35)25-20(11-14-39-25)27-32-21(17-40-27)23-15-18-7-4-5-8-22(18)37-23/h4-5,7-8,11,14-15,17,19H,6,9-10,12-13,16H2,1-3H3,(H,30,35)(H,31,36). The maximum absolute atomic E-state index is 12.9. The Balaban J connectivity index is 1.09. The molecule has 40 heavy (non-hydrogen) atoms. The van der Waals surface area contributed by atoms with Gasteiger partial charge in [-0.2, -0.15) is 0 Å². The average Bonchev–Trinajstić information content (AvgIpc) is 3.70. The van der Waals surface area contributed by atoms with Gasteiger partial charge in [-0.1, -0.05) is 18.2 Å². The molecule has 0 radical (unpaired) electrons. The van der Waals surface area contributed by atoms with Crippen LogP contribution in [0.15, 0.2) is 51.6 Å². The van der Waals surface area contributed by atoms with E-state index in [4.69, 9.17) is 14.1 Å². The molecule has 4 aromatic rings. The summed E-state index contributed by atoms with van der Waals surface area (Å²) >= 11 is 2.83. The van der Waals surface area contributed by atoms with Gasteiger partial charge in [-0.25, -0.2) is 9.78 Å². The molecule has 0 spiro atoms. The van der Waals surface area contributed by atoms with E-state index in [0.717, 1.165) is 27.2 Å². The van der Waals surface area contributed by atoms with Gasteiger partial charge >= 0.3 is 6.09 Å². The van der Waals surface area contributed by atoms with Crippen molar-refractivity contribution >= 4 is 51.6 Å². The molecule has 210 valence electrons. The summed E-state index contributed by atoms with van der Waals surface area (Å²) < 4.78 is 11.2. The first-order chi connectivity index (χ1) is 19.2. The van der Waals surface area contributed by atoms with Crippen LogP contribution in [0.3, 0.4) is 0 Å². The summed E-state index contributed by atoms with van der Waals surface area (Å²) in [6.45, 7) is 6.88. The van der Waals surface area contributed by atoms with E-state index in [9.17, 15) is 14.4 Å². The number of carbonyl (C=O) groups is 3. The zero-order valence-electron chi connectivity index (χ0n) is 22.7. The molecule has 4 heterocycles. The summed E-state index contributed by atoms with van der Waals surface area (Å²) in [6, 6.07) is 11.6. The van der Waals surface area contributed by atoms with Crippen molar-refractivity contribution in [1.82, 2.24) is 20.5 Å². The molecule has 1 saturated heterocycles.